The molecule has 184 valence electrons. The summed E-state index contributed by atoms with van der Waals surface area (Å²) in [4.78, 5) is 0. The van der Waals surface area contributed by atoms with Crippen molar-refractivity contribution in [2.75, 3.05) is 0 Å². The zero-order valence-corrected chi connectivity index (χ0v) is 21.6. The van der Waals surface area contributed by atoms with Gasteiger partial charge in [-0.25, -0.2) is 0 Å². The lowest BCUT2D eigenvalue weighted by atomic mass is 9.86. The lowest BCUT2D eigenvalue weighted by Crippen LogP contribution is -1.97. The molecular weight excluding hydrogens is 470 g/mol. The minimum atomic E-state index is 1.06. The fraction of sp³-hybridized carbons (Fsp3) is 0. The molecule has 0 aliphatic rings. The maximum absolute atomic E-state index is 4.12. The molecule has 0 aliphatic carbocycles. The maximum Gasteiger partial charge on any atom is 0.0541 e. The van der Waals surface area contributed by atoms with Gasteiger partial charge >= 0.3 is 0 Å². The molecule has 0 aliphatic heterocycles. The summed E-state index contributed by atoms with van der Waals surface area (Å²) in [5.41, 5.74) is 9.41. The van der Waals surface area contributed by atoms with Gasteiger partial charge in [-0.3, -0.25) is 0 Å². The van der Waals surface area contributed by atoms with E-state index in [-0.39, 0.29) is 0 Å². The lowest BCUT2D eigenvalue weighted by molar-refractivity contribution is 1.11. The first-order valence-corrected chi connectivity index (χ1v) is 13.3. The van der Waals surface area contributed by atoms with Gasteiger partial charge in [-0.15, -0.1) is 0 Å². The predicted molar refractivity (Wildman–Crippen MR) is 169 cm³/mol. The van der Waals surface area contributed by atoms with E-state index in [0.29, 0.717) is 0 Å². The van der Waals surface area contributed by atoms with Crippen LogP contribution >= 0.6 is 0 Å². The van der Waals surface area contributed by atoms with Crippen molar-refractivity contribution in [3.8, 4) is 27.9 Å². The number of hydrogen-bond acceptors (Lipinski definition) is 0. The molecule has 0 radical (unpaired) electrons. The minimum Gasteiger partial charge on any atom is -0.309 e. The van der Waals surface area contributed by atoms with Crippen LogP contribution < -0.4 is 0 Å². The van der Waals surface area contributed by atoms with E-state index in [0.717, 1.165) is 22.5 Å². The molecule has 0 spiro atoms. The lowest BCUT2D eigenvalue weighted by Gasteiger charge is -2.18. The molecule has 7 aromatic rings. The summed E-state index contributed by atoms with van der Waals surface area (Å²) in [5, 5.41) is 6.23. The fourth-order valence-electron chi connectivity index (χ4n) is 6.11. The van der Waals surface area contributed by atoms with E-state index >= 15 is 0 Å². The van der Waals surface area contributed by atoms with Gasteiger partial charge in [0.05, 0.1) is 11.2 Å². The van der Waals surface area contributed by atoms with Crippen LogP contribution in [0.1, 0.15) is 11.3 Å². The Morgan fingerprint density at radius 2 is 0.897 bits per heavy atom. The topological polar surface area (TPSA) is 4.93 Å². The van der Waals surface area contributed by atoms with E-state index in [2.05, 4.69) is 145 Å². The second-order valence-electron chi connectivity index (χ2n) is 9.81. The minimum absolute atomic E-state index is 1.06. The average Bonchev–Trinajstić information content (AvgIpc) is 3.34. The molecule has 39 heavy (non-hydrogen) atoms. The zero-order chi connectivity index (χ0) is 26.3. The number of fused-ring (bicyclic) bond motifs is 3. The summed E-state index contributed by atoms with van der Waals surface area (Å²) in [6, 6.07) is 45.7. The Kier molecular flexibility index (Phi) is 5.49. The van der Waals surface area contributed by atoms with Crippen LogP contribution in [0.25, 0.3) is 72.5 Å². The molecule has 7 rings (SSSR count). The number of hydrogen-bond donors (Lipinski definition) is 0. The fourth-order valence-corrected chi connectivity index (χ4v) is 6.11. The van der Waals surface area contributed by atoms with Gasteiger partial charge in [0.25, 0.3) is 0 Å². The number of benzene rings is 6. The molecular formula is C38H27N. The van der Waals surface area contributed by atoms with Crippen molar-refractivity contribution in [1.29, 1.82) is 0 Å². The van der Waals surface area contributed by atoms with E-state index in [1.165, 1.54) is 49.2 Å². The second kappa shape index (κ2) is 9.31. The predicted octanol–water partition coefficient (Wildman–Crippen LogP) is 10.6. The molecule has 0 bridgehead atoms. The second-order valence-corrected chi connectivity index (χ2v) is 9.81. The molecule has 0 saturated carbocycles. The van der Waals surface area contributed by atoms with Crippen molar-refractivity contribution in [2.24, 2.45) is 0 Å². The molecule has 1 heterocycles. The van der Waals surface area contributed by atoms with Gasteiger partial charge in [-0.1, -0.05) is 128 Å². The van der Waals surface area contributed by atoms with Gasteiger partial charge in [-0.05, 0) is 68.1 Å². The van der Waals surface area contributed by atoms with Crippen molar-refractivity contribution in [3.63, 3.8) is 0 Å². The SMILES string of the molecule is C=Cc1c(C=C)n(-c2ccc(-c3c4ccccc4c(-c4ccccc4)c4ccccc34)cc2)c2ccccc12. The Labute approximate surface area is 228 Å². The molecule has 0 saturated heterocycles. The van der Waals surface area contributed by atoms with Gasteiger partial charge in [0.2, 0.25) is 0 Å². The van der Waals surface area contributed by atoms with Gasteiger partial charge in [-0.2, -0.15) is 0 Å². The largest absolute Gasteiger partial charge is 0.309 e. The Balaban J connectivity index is 1.48. The highest BCUT2D eigenvalue weighted by Crippen LogP contribution is 2.43. The molecule has 1 nitrogen and oxygen atoms in total. The third-order valence-electron chi connectivity index (χ3n) is 7.76. The van der Waals surface area contributed by atoms with E-state index in [1.54, 1.807) is 0 Å². The Morgan fingerprint density at radius 1 is 0.436 bits per heavy atom. The van der Waals surface area contributed by atoms with Crippen molar-refractivity contribution >= 4 is 44.6 Å². The van der Waals surface area contributed by atoms with Crippen molar-refractivity contribution in [3.05, 3.63) is 152 Å². The summed E-state index contributed by atoms with van der Waals surface area (Å²) >= 11 is 0. The van der Waals surface area contributed by atoms with Crippen molar-refractivity contribution < 1.29 is 0 Å². The first-order chi connectivity index (χ1) is 19.3. The summed E-state index contributed by atoms with van der Waals surface area (Å²) in [7, 11) is 0. The molecule has 0 N–H and O–H groups in total. The molecule has 1 heteroatoms. The molecule has 0 amide bonds. The summed E-state index contributed by atoms with van der Waals surface area (Å²) < 4.78 is 2.28. The molecule has 0 atom stereocenters. The number of aromatic nitrogens is 1. The monoisotopic (exact) mass is 497 g/mol. The highest BCUT2D eigenvalue weighted by molar-refractivity contribution is 6.21. The molecule has 0 fully saturated rings. The van der Waals surface area contributed by atoms with E-state index in [1.807, 2.05) is 12.2 Å². The Bertz CT molecular complexity index is 1970. The smallest absolute Gasteiger partial charge is 0.0541 e. The Hall–Kier alpha value is -5.14. The molecule has 0 unspecified atom stereocenters. The first kappa shape index (κ1) is 23.0. The van der Waals surface area contributed by atoms with Crippen LogP contribution in [-0.2, 0) is 0 Å². The highest BCUT2D eigenvalue weighted by atomic mass is 15.0. The van der Waals surface area contributed by atoms with Gasteiger partial charge < -0.3 is 4.57 Å². The highest BCUT2D eigenvalue weighted by Gasteiger charge is 2.17. The van der Waals surface area contributed by atoms with Gasteiger partial charge in [0, 0.05) is 16.6 Å². The normalized spacial score (nSPS) is 11.3. The van der Waals surface area contributed by atoms with Crippen molar-refractivity contribution in [1.82, 2.24) is 4.57 Å². The quantitative estimate of drug-likeness (QED) is 0.208. The number of para-hydroxylation sites is 1. The van der Waals surface area contributed by atoms with Gasteiger partial charge in [0.1, 0.15) is 0 Å². The summed E-state index contributed by atoms with van der Waals surface area (Å²) in [6.45, 7) is 8.20. The van der Waals surface area contributed by atoms with Crippen LogP contribution in [0.2, 0.25) is 0 Å². The number of rotatable bonds is 5. The third kappa shape index (κ3) is 3.55. The van der Waals surface area contributed by atoms with Crippen LogP contribution in [0.4, 0.5) is 0 Å². The summed E-state index contributed by atoms with van der Waals surface area (Å²) in [5.74, 6) is 0. The number of nitrogens with zero attached hydrogens (tertiary/aromatic N) is 1. The van der Waals surface area contributed by atoms with Crippen LogP contribution in [0, 0.1) is 0 Å². The van der Waals surface area contributed by atoms with Crippen molar-refractivity contribution in [2.45, 2.75) is 0 Å². The molecule has 6 aromatic carbocycles. The maximum atomic E-state index is 4.12. The van der Waals surface area contributed by atoms with Crippen LogP contribution in [-0.4, -0.2) is 4.57 Å². The summed E-state index contributed by atoms with van der Waals surface area (Å²) in [6.07, 6.45) is 3.85. The standard InChI is InChI=1S/C38H27N/c1-3-29-30-16-12-13-21-36(30)39(35(29)4-2)28-24-22-27(23-25-28)38-33-19-10-8-17-31(33)37(26-14-6-5-7-15-26)32-18-9-11-20-34(32)38/h3-25H,1-2H2. The first-order valence-electron chi connectivity index (χ1n) is 13.3. The van der Waals surface area contributed by atoms with Crippen LogP contribution in [0.5, 0.6) is 0 Å². The Morgan fingerprint density at radius 3 is 1.41 bits per heavy atom. The zero-order valence-electron chi connectivity index (χ0n) is 21.6. The van der Waals surface area contributed by atoms with Crippen LogP contribution in [0.15, 0.2) is 141 Å². The van der Waals surface area contributed by atoms with E-state index < -0.39 is 0 Å². The van der Waals surface area contributed by atoms with E-state index in [4.69, 9.17) is 0 Å². The van der Waals surface area contributed by atoms with E-state index in [9.17, 15) is 0 Å². The average molecular weight is 498 g/mol. The van der Waals surface area contributed by atoms with Gasteiger partial charge in [0.15, 0.2) is 0 Å². The van der Waals surface area contributed by atoms with Crippen LogP contribution in [0.3, 0.4) is 0 Å². The third-order valence-corrected chi connectivity index (χ3v) is 7.76. The molecule has 1 aromatic heterocycles.